The maximum absolute atomic E-state index is 3.08. The lowest BCUT2D eigenvalue weighted by molar-refractivity contribution is 0.368. The van der Waals surface area contributed by atoms with Gasteiger partial charge < -0.3 is 0 Å². The summed E-state index contributed by atoms with van der Waals surface area (Å²) in [5.74, 6) is 0. The zero-order valence-corrected chi connectivity index (χ0v) is 8.10. The molecule has 4 heteroatoms. The van der Waals surface area contributed by atoms with E-state index in [1.165, 1.54) is 25.7 Å². The molecule has 4 N–H and O–H groups in total. The fourth-order valence-corrected chi connectivity index (χ4v) is 1.26. The summed E-state index contributed by atoms with van der Waals surface area (Å²) in [5.41, 5.74) is 11.9. The fourth-order valence-electron chi connectivity index (χ4n) is 1.26. The van der Waals surface area contributed by atoms with Crippen LogP contribution in [-0.2, 0) is 0 Å². The van der Waals surface area contributed by atoms with Crippen molar-refractivity contribution < 1.29 is 0 Å². The van der Waals surface area contributed by atoms with Gasteiger partial charge in [-0.3, -0.25) is 0 Å². The van der Waals surface area contributed by atoms with Gasteiger partial charge in [-0.15, -0.1) is 0 Å². The van der Waals surface area contributed by atoms with Crippen molar-refractivity contribution in [2.45, 2.75) is 32.1 Å². The van der Waals surface area contributed by atoms with Crippen molar-refractivity contribution in [3.8, 4) is 0 Å². The van der Waals surface area contributed by atoms with Crippen molar-refractivity contribution in [1.82, 2.24) is 21.9 Å². The molecule has 0 aromatic carbocycles. The van der Waals surface area contributed by atoms with Gasteiger partial charge in [-0.1, -0.05) is 18.6 Å². The molecule has 1 rings (SSSR count). The highest BCUT2D eigenvalue weighted by molar-refractivity contribution is 4.81. The van der Waals surface area contributed by atoms with Crippen LogP contribution < -0.4 is 21.9 Å². The number of allylic oxidation sites excluding steroid dienone is 1. The number of nitrogens with one attached hydrogen (secondary N) is 4. The Hall–Kier alpha value is -0.420. The largest absolute Gasteiger partial charge is 0.243 e. The average Bonchev–Trinajstić information content (AvgIpc) is 2.18. The fraction of sp³-hybridized carbons (Fsp3) is 0.778. The van der Waals surface area contributed by atoms with Crippen molar-refractivity contribution in [3.05, 3.63) is 12.2 Å². The van der Waals surface area contributed by atoms with Crippen LogP contribution in [-0.4, -0.2) is 13.1 Å². The number of hydrogen-bond donors (Lipinski definition) is 4. The van der Waals surface area contributed by atoms with Gasteiger partial charge in [0.2, 0.25) is 0 Å². The second kappa shape index (κ2) is 8.19. The maximum atomic E-state index is 3.08. The minimum Gasteiger partial charge on any atom is -0.243 e. The summed E-state index contributed by atoms with van der Waals surface area (Å²) in [4.78, 5) is 0. The van der Waals surface area contributed by atoms with Crippen LogP contribution >= 0.6 is 0 Å². The topological polar surface area (TPSA) is 48.1 Å². The first-order chi connectivity index (χ1) is 6.50. The minimum absolute atomic E-state index is 0.950. The Bertz CT molecular complexity index is 122. The van der Waals surface area contributed by atoms with Gasteiger partial charge in [0.05, 0.1) is 0 Å². The smallest absolute Gasteiger partial charge is 0.0148 e. The van der Waals surface area contributed by atoms with Gasteiger partial charge in [0.25, 0.3) is 0 Å². The molecule has 0 aromatic rings. The van der Waals surface area contributed by atoms with Crippen LogP contribution in [0.3, 0.4) is 0 Å². The molecule has 0 atom stereocenters. The second-order valence-electron chi connectivity index (χ2n) is 3.21. The summed E-state index contributed by atoms with van der Waals surface area (Å²) in [5, 5.41) is 0. The van der Waals surface area contributed by atoms with E-state index >= 15 is 0 Å². The Morgan fingerprint density at radius 1 is 0.692 bits per heavy atom. The van der Waals surface area contributed by atoms with E-state index in [9.17, 15) is 0 Å². The lowest BCUT2D eigenvalue weighted by atomic mass is 10.2. The van der Waals surface area contributed by atoms with E-state index in [1.807, 2.05) is 0 Å². The first-order valence-electron chi connectivity index (χ1n) is 5.11. The molecule has 0 aromatic heterocycles. The van der Waals surface area contributed by atoms with Crippen LogP contribution in [0.2, 0.25) is 0 Å². The monoisotopic (exact) mass is 184 g/mol. The SMILES string of the molecule is C1=CCCNNNNCCCCC1. The van der Waals surface area contributed by atoms with Gasteiger partial charge in [0, 0.05) is 13.1 Å². The third kappa shape index (κ3) is 6.72. The normalized spacial score (nSPS) is 22.8. The molecule has 0 fully saturated rings. The van der Waals surface area contributed by atoms with Crippen LogP contribution in [0.4, 0.5) is 0 Å². The molecule has 0 saturated heterocycles. The summed E-state index contributed by atoms with van der Waals surface area (Å²) >= 11 is 0. The van der Waals surface area contributed by atoms with Crippen molar-refractivity contribution in [2.24, 2.45) is 0 Å². The molecular weight excluding hydrogens is 164 g/mol. The first-order valence-corrected chi connectivity index (χ1v) is 5.11. The van der Waals surface area contributed by atoms with Gasteiger partial charge >= 0.3 is 0 Å². The number of hydrogen-bond acceptors (Lipinski definition) is 4. The Morgan fingerprint density at radius 2 is 1.46 bits per heavy atom. The zero-order valence-electron chi connectivity index (χ0n) is 8.10. The van der Waals surface area contributed by atoms with Crippen LogP contribution in [0.15, 0.2) is 12.2 Å². The lowest BCUT2D eigenvalue weighted by Gasteiger charge is -2.08. The van der Waals surface area contributed by atoms with Crippen LogP contribution in [0, 0.1) is 0 Å². The molecule has 0 aliphatic carbocycles. The van der Waals surface area contributed by atoms with Crippen LogP contribution in [0.25, 0.3) is 0 Å². The summed E-state index contributed by atoms with van der Waals surface area (Å²) < 4.78 is 0. The van der Waals surface area contributed by atoms with E-state index in [0.717, 1.165) is 19.5 Å². The molecule has 0 unspecified atom stereocenters. The Morgan fingerprint density at radius 3 is 2.38 bits per heavy atom. The second-order valence-corrected chi connectivity index (χ2v) is 3.21. The number of hydrazine groups is 3. The minimum atomic E-state index is 0.950. The standard InChI is InChI=1S/C9H20N4/c1-2-4-6-8-10-12-13-11-9-7-5-3-1/h2,4,10-13H,1,3,5-9H2. The molecule has 76 valence electrons. The summed E-state index contributed by atoms with van der Waals surface area (Å²) in [6, 6.07) is 0. The molecule has 0 radical (unpaired) electrons. The first kappa shape index (κ1) is 10.7. The predicted molar refractivity (Wildman–Crippen MR) is 54.5 cm³/mol. The molecule has 4 nitrogen and oxygen atoms in total. The Labute approximate surface area is 80.1 Å². The Kier molecular flexibility index (Phi) is 6.72. The average molecular weight is 184 g/mol. The highest BCUT2D eigenvalue weighted by Crippen LogP contribution is 2.00. The van der Waals surface area contributed by atoms with E-state index in [2.05, 4.69) is 34.1 Å². The Balaban J connectivity index is 2.09. The molecule has 13 heavy (non-hydrogen) atoms. The molecule has 0 saturated carbocycles. The van der Waals surface area contributed by atoms with E-state index in [-0.39, 0.29) is 0 Å². The van der Waals surface area contributed by atoms with Gasteiger partial charge in [-0.2, -0.15) is 11.1 Å². The molecule has 1 aliphatic heterocycles. The third-order valence-corrected chi connectivity index (χ3v) is 2.01. The van der Waals surface area contributed by atoms with Crippen molar-refractivity contribution in [3.63, 3.8) is 0 Å². The molecular formula is C9H20N4. The van der Waals surface area contributed by atoms with E-state index < -0.39 is 0 Å². The van der Waals surface area contributed by atoms with Crippen molar-refractivity contribution >= 4 is 0 Å². The van der Waals surface area contributed by atoms with E-state index in [4.69, 9.17) is 0 Å². The molecule has 1 aliphatic rings. The summed E-state index contributed by atoms with van der Waals surface area (Å²) in [6.07, 6.45) is 10.6. The maximum Gasteiger partial charge on any atom is 0.0148 e. The summed E-state index contributed by atoms with van der Waals surface area (Å²) in [6.45, 7) is 1.96. The van der Waals surface area contributed by atoms with E-state index in [0.29, 0.717) is 0 Å². The summed E-state index contributed by atoms with van der Waals surface area (Å²) in [7, 11) is 0. The highest BCUT2D eigenvalue weighted by atomic mass is 15.7. The molecule has 1 heterocycles. The third-order valence-electron chi connectivity index (χ3n) is 2.01. The predicted octanol–water partition coefficient (Wildman–Crippen LogP) is 0.610. The van der Waals surface area contributed by atoms with Gasteiger partial charge in [0.1, 0.15) is 0 Å². The van der Waals surface area contributed by atoms with Gasteiger partial charge in [0.15, 0.2) is 0 Å². The van der Waals surface area contributed by atoms with Crippen molar-refractivity contribution in [1.29, 1.82) is 0 Å². The molecule has 0 bridgehead atoms. The van der Waals surface area contributed by atoms with Gasteiger partial charge in [-0.25, -0.2) is 10.9 Å². The zero-order chi connectivity index (χ0) is 9.19. The number of rotatable bonds is 0. The van der Waals surface area contributed by atoms with Crippen molar-refractivity contribution in [2.75, 3.05) is 13.1 Å². The molecule has 0 spiro atoms. The quantitative estimate of drug-likeness (QED) is 0.417. The van der Waals surface area contributed by atoms with E-state index in [1.54, 1.807) is 0 Å². The van der Waals surface area contributed by atoms with Crippen LogP contribution in [0.5, 0.6) is 0 Å². The van der Waals surface area contributed by atoms with Gasteiger partial charge in [-0.05, 0) is 25.7 Å². The molecule has 0 amide bonds. The van der Waals surface area contributed by atoms with Crippen LogP contribution in [0.1, 0.15) is 32.1 Å². The highest BCUT2D eigenvalue weighted by Gasteiger charge is 1.89. The lowest BCUT2D eigenvalue weighted by Crippen LogP contribution is -2.50.